The Morgan fingerprint density at radius 3 is 3.00 bits per heavy atom. The molecule has 0 saturated carbocycles. The Balaban J connectivity index is 1.99. The van der Waals surface area contributed by atoms with Gasteiger partial charge in [0.05, 0.1) is 5.56 Å². The fourth-order valence-electron chi connectivity index (χ4n) is 2.95. The third-order valence-electron chi connectivity index (χ3n) is 3.83. The summed E-state index contributed by atoms with van der Waals surface area (Å²) in [5.74, 6) is 0.859. The predicted octanol–water partition coefficient (Wildman–Crippen LogP) is 2.79. The fraction of sp³-hybridized carbons (Fsp3) is 0.267. The van der Waals surface area contributed by atoms with Gasteiger partial charge in [-0.15, -0.1) is 0 Å². The van der Waals surface area contributed by atoms with Crippen LogP contribution in [0, 0.1) is 0 Å². The molecule has 0 aromatic heterocycles. The number of benzene rings is 2. The molecule has 1 atom stereocenters. The van der Waals surface area contributed by atoms with Gasteiger partial charge in [-0.2, -0.15) is 0 Å². The van der Waals surface area contributed by atoms with Crippen molar-refractivity contribution < 1.29 is 9.53 Å². The zero-order valence-electron chi connectivity index (χ0n) is 9.93. The average Bonchev–Trinajstić information content (AvgIpc) is 2.87. The van der Waals surface area contributed by atoms with Crippen LogP contribution in [0.4, 0.5) is 0 Å². The molecule has 0 aliphatic carbocycles. The Morgan fingerprint density at radius 2 is 2.06 bits per heavy atom. The normalized spacial score (nSPS) is 21.7. The summed E-state index contributed by atoms with van der Waals surface area (Å²) < 4.78 is 5.94. The first-order chi connectivity index (χ1) is 8.84. The second kappa shape index (κ2) is 3.48. The van der Waals surface area contributed by atoms with Crippen molar-refractivity contribution in [3.63, 3.8) is 0 Å². The lowest BCUT2D eigenvalue weighted by molar-refractivity contribution is 0.0298. The molecule has 1 fully saturated rings. The highest BCUT2D eigenvalue weighted by Crippen LogP contribution is 2.36. The van der Waals surface area contributed by atoms with Gasteiger partial charge in [0.2, 0.25) is 0 Å². The molecule has 0 radical (unpaired) electrons. The van der Waals surface area contributed by atoms with E-state index in [9.17, 15) is 4.79 Å². The number of carbonyl (C=O) groups is 1. The topological polar surface area (TPSA) is 29.5 Å². The summed E-state index contributed by atoms with van der Waals surface area (Å²) in [5, 5.41) is 2.08. The largest absolute Gasteiger partial charge is 0.470 e. The molecule has 1 saturated heterocycles. The number of hydrogen-bond acceptors (Lipinski definition) is 2. The van der Waals surface area contributed by atoms with Crippen molar-refractivity contribution in [2.24, 2.45) is 0 Å². The van der Waals surface area contributed by atoms with Crippen molar-refractivity contribution >= 4 is 16.7 Å². The first-order valence-corrected chi connectivity index (χ1v) is 6.34. The maximum absolute atomic E-state index is 12.6. The lowest BCUT2D eigenvalue weighted by Gasteiger charge is -2.32. The van der Waals surface area contributed by atoms with E-state index in [4.69, 9.17) is 4.74 Å². The molecule has 4 rings (SSSR count). The molecular formula is C15H13NO2. The molecule has 90 valence electrons. The highest BCUT2D eigenvalue weighted by molar-refractivity contribution is 6.10. The van der Waals surface area contributed by atoms with E-state index >= 15 is 0 Å². The maximum Gasteiger partial charge on any atom is 0.261 e. The molecular weight excluding hydrogens is 226 g/mol. The molecule has 18 heavy (non-hydrogen) atoms. The molecule has 2 aliphatic rings. The average molecular weight is 239 g/mol. The van der Waals surface area contributed by atoms with E-state index in [-0.39, 0.29) is 12.1 Å². The summed E-state index contributed by atoms with van der Waals surface area (Å²) in [5.41, 5.74) is 0.728. The van der Waals surface area contributed by atoms with Gasteiger partial charge in [0.15, 0.2) is 6.23 Å². The highest BCUT2D eigenvalue weighted by atomic mass is 16.5. The summed E-state index contributed by atoms with van der Waals surface area (Å²) in [6, 6.07) is 11.9. The van der Waals surface area contributed by atoms with Crippen molar-refractivity contribution in [1.82, 2.24) is 4.90 Å². The summed E-state index contributed by atoms with van der Waals surface area (Å²) in [4.78, 5) is 14.4. The fourth-order valence-corrected chi connectivity index (χ4v) is 2.95. The standard InChI is InChI=1S/C15H13NO2/c17-15-14-11-5-2-1-4-10(11)7-8-12(14)18-13-6-3-9-16(13)15/h1-2,4-5,7-8,13H,3,6,9H2. The molecule has 0 spiro atoms. The van der Waals surface area contributed by atoms with E-state index in [2.05, 4.69) is 0 Å². The number of hydrogen-bond donors (Lipinski definition) is 0. The van der Waals surface area contributed by atoms with Gasteiger partial charge >= 0.3 is 0 Å². The van der Waals surface area contributed by atoms with E-state index in [1.54, 1.807) is 0 Å². The third kappa shape index (κ3) is 1.22. The Morgan fingerprint density at radius 1 is 1.17 bits per heavy atom. The number of ether oxygens (including phenoxy) is 1. The van der Waals surface area contributed by atoms with Gasteiger partial charge < -0.3 is 9.64 Å². The van der Waals surface area contributed by atoms with Crippen molar-refractivity contribution in [3.05, 3.63) is 42.0 Å². The van der Waals surface area contributed by atoms with E-state index in [1.807, 2.05) is 41.3 Å². The summed E-state index contributed by atoms with van der Waals surface area (Å²) in [6.07, 6.45) is 1.92. The zero-order chi connectivity index (χ0) is 12.1. The van der Waals surface area contributed by atoms with Crippen LogP contribution in [-0.4, -0.2) is 23.6 Å². The van der Waals surface area contributed by atoms with Crippen molar-refractivity contribution in [1.29, 1.82) is 0 Å². The van der Waals surface area contributed by atoms with Crippen LogP contribution in [0.25, 0.3) is 10.8 Å². The van der Waals surface area contributed by atoms with E-state index in [0.717, 1.165) is 41.5 Å². The van der Waals surface area contributed by atoms with Crippen molar-refractivity contribution in [3.8, 4) is 5.75 Å². The Hall–Kier alpha value is -2.03. The summed E-state index contributed by atoms with van der Waals surface area (Å²) in [6.45, 7) is 0.812. The van der Waals surface area contributed by atoms with E-state index < -0.39 is 0 Å². The monoisotopic (exact) mass is 239 g/mol. The zero-order valence-corrected chi connectivity index (χ0v) is 9.93. The Labute approximate surface area is 105 Å². The molecule has 2 heterocycles. The van der Waals surface area contributed by atoms with Crippen LogP contribution in [-0.2, 0) is 0 Å². The second-order valence-electron chi connectivity index (χ2n) is 4.87. The minimum atomic E-state index is -0.0498. The lowest BCUT2D eigenvalue weighted by Crippen LogP contribution is -2.43. The van der Waals surface area contributed by atoms with Crippen LogP contribution in [0.3, 0.4) is 0 Å². The molecule has 2 aromatic carbocycles. The minimum absolute atomic E-state index is 0.0498. The molecule has 3 nitrogen and oxygen atoms in total. The van der Waals surface area contributed by atoms with Crippen LogP contribution < -0.4 is 4.74 Å². The first kappa shape index (κ1) is 9.95. The minimum Gasteiger partial charge on any atom is -0.470 e. The van der Waals surface area contributed by atoms with Crippen LogP contribution >= 0.6 is 0 Å². The van der Waals surface area contributed by atoms with Gasteiger partial charge in [-0.25, -0.2) is 0 Å². The van der Waals surface area contributed by atoms with E-state index in [1.165, 1.54) is 0 Å². The number of amides is 1. The molecule has 0 bridgehead atoms. The lowest BCUT2D eigenvalue weighted by atomic mass is 10.0. The second-order valence-corrected chi connectivity index (χ2v) is 4.87. The van der Waals surface area contributed by atoms with Crippen molar-refractivity contribution in [2.45, 2.75) is 19.1 Å². The maximum atomic E-state index is 12.6. The van der Waals surface area contributed by atoms with Crippen molar-refractivity contribution in [2.75, 3.05) is 6.54 Å². The Bertz CT molecular complexity index is 650. The molecule has 0 N–H and O–H groups in total. The van der Waals surface area contributed by atoms with Gasteiger partial charge in [0, 0.05) is 13.0 Å². The van der Waals surface area contributed by atoms with Gasteiger partial charge in [0.25, 0.3) is 5.91 Å². The van der Waals surface area contributed by atoms with Gasteiger partial charge in [-0.3, -0.25) is 4.79 Å². The smallest absolute Gasteiger partial charge is 0.261 e. The van der Waals surface area contributed by atoms with Crippen LogP contribution in [0.1, 0.15) is 23.2 Å². The third-order valence-corrected chi connectivity index (χ3v) is 3.83. The van der Waals surface area contributed by atoms with Gasteiger partial charge in [0.1, 0.15) is 5.75 Å². The van der Waals surface area contributed by atoms with Crippen LogP contribution in [0.2, 0.25) is 0 Å². The number of nitrogens with zero attached hydrogens (tertiary/aromatic N) is 1. The number of carbonyl (C=O) groups excluding carboxylic acids is 1. The summed E-state index contributed by atoms with van der Waals surface area (Å²) in [7, 11) is 0. The number of fused-ring (bicyclic) bond motifs is 4. The Kier molecular flexibility index (Phi) is 1.92. The molecule has 1 amide bonds. The van der Waals surface area contributed by atoms with Crippen LogP contribution in [0.15, 0.2) is 36.4 Å². The summed E-state index contributed by atoms with van der Waals surface area (Å²) >= 11 is 0. The molecule has 3 heteroatoms. The molecule has 2 aliphatic heterocycles. The highest BCUT2D eigenvalue weighted by Gasteiger charge is 2.37. The quantitative estimate of drug-likeness (QED) is 0.707. The van der Waals surface area contributed by atoms with Crippen LogP contribution in [0.5, 0.6) is 5.75 Å². The molecule has 1 unspecified atom stereocenters. The number of rotatable bonds is 0. The van der Waals surface area contributed by atoms with Gasteiger partial charge in [-0.1, -0.05) is 30.3 Å². The molecule has 2 aromatic rings. The van der Waals surface area contributed by atoms with Gasteiger partial charge in [-0.05, 0) is 23.3 Å². The first-order valence-electron chi connectivity index (χ1n) is 6.34. The predicted molar refractivity (Wildman–Crippen MR) is 68.6 cm³/mol. The SMILES string of the molecule is O=C1c2c(ccc3ccccc23)OC2CCCN12. The van der Waals surface area contributed by atoms with E-state index in [0.29, 0.717) is 0 Å².